The molecule has 0 bridgehead atoms. The minimum absolute atomic E-state index is 0.162. The van der Waals surface area contributed by atoms with Crippen LogP contribution < -0.4 is 15.8 Å². The van der Waals surface area contributed by atoms with Crippen LogP contribution in [-0.4, -0.2) is 27.4 Å². The molecule has 0 radical (unpaired) electrons. The standard InChI is InChI=1S/C26H23N5O2/c1-3-13-31(17-19-6-11-24-23(14-19)26(33)30-18(2)29-24)22-9-7-21(8-10-22)25(32)28-16-20-5-4-12-27-15-20/h1,4-12,14-15H,13,16-17H2,2H3,(H,28,32)(H,29,30,33). The number of amides is 1. The third kappa shape index (κ3) is 5.25. The number of hydrogen-bond acceptors (Lipinski definition) is 5. The molecule has 0 aliphatic carbocycles. The zero-order valence-corrected chi connectivity index (χ0v) is 18.2. The van der Waals surface area contributed by atoms with E-state index in [9.17, 15) is 9.59 Å². The van der Waals surface area contributed by atoms with E-state index in [1.165, 1.54) is 0 Å². The van der Waals surface area contributed by atoms with Gasteiger partial charge in [-0.25, -0.2) is 4.98 Å². The molecule has 7 nitrogen and oxygen atoms in total. The predicted molar refractivity (Wildman–Crippen MR) is 129 cm³/mol. The summed E-state index contributed by atoms with van der Waals surface area (Å²) in [4.78, 5) is 37.9. The summed E-state index contributed by atoms with van der Waals surface area (Å²) < 4.78 is 0. The van der Waals surface area contributed by atoms with Crippen LogP contribution in [0.25, 0.3) is 10.9 Å². The molecule has 4 aromatic rings. The fourth-order valence-corrected chi connectivity index (χ4v) is 3.58. The number of aromatic amines is 1. The van der Waals surface area contributed by atoms with Crippen molar-refractivity contribution >= 4 is 22.5 Å². The number of aromatic nitrogens is 3. The molecule has 33 heavy (non-hydrogen) atoms. The second kappa shape index (κ2) is 9.79. The lowest BCUT2D eigenvalue weighted by Crippen LogP contribution is -2.24. The summed E-state index contributed by atoms with van der Waals surface area (Å²) in [6.07, 6.45) is 9.01. The summed E-state index contributed by atoms with van der Waals surface area (Å²) in [5.41, 5.74) is 3.80. The summed E-state index contributed by atoms with van der Waals surface area (Å²) in [6.45, 7) is 3.06. The second-order valence-corrected chi connectivity index (χ2v) is 7.65. The lowest BCUT2D eigenvalue weighted by atomic mass is 10.1. The lowest BCUT2D eigenvalue weighted by molar-refractivity contribution is 0.0951. The number of anilines is 1. The van der Waals surface area contributed by atoms with Gasteiger partial charge in [0.05, 0.1) is 17.4 Å². The highest BCUT2D eigenvalue weighted by molar-refractivity contribution is 5.94. The minimum atomic E-state index is -0.163. The third-order valence-corrected chi connectivity index (χ3v) is 5.21. The summed E-state index contributed by atoms with van der Waals surface area (Å²) in [6, 6.07) is 16.7. The van der Waals surface area contributed by atoms with E-state index in [2.05, 4.69) is 26.2 Å². The summed E-state index contributed by atoms with van der Waals surface area (Å²) >= 11 is 0. The molecule has 0 saturated carbocycles. The molecule has 2 aromatic heterocycles. The van der Waals surface area contributed by atoms with E-state index in [-0.39, 0.29) is 11.5 Å². The Morgan fingerprint density at radius 2 is 1.97 bits per heavy atom. The van der Waals surface area contributed by atoms with Crippen LogP contribution in [0, 0.1) is 19.3 Å². The molecule has 2 N–H and O–H groups in total. The Labute approximate surface area is 191 Å². The van der Waals surface area contributed by atoms with Crippen LogP contribution in [0.15, 0.2) is 71.8 Å². The molecule has 4 rings (SSSR count). The normalized spacial score (nSPS) is 10.5. The first kappa shape index (κ1) is 21.8. The van der Waals surface area contributed by atoms with Crippen LogP contribution in [0.2, 0.25) is 0 Å². The Hall–Kier alpha value is -4.44. The van der Waals surface area contributed by atoms with E-state index in [4.69, 9.17) is 6.42 Å². The van der Waals surface area contributed by atoms with E-state index in [1.54, 1.807) is 31.5 Å². The van der Waals surface area contributed by atoms with Crippen molar-refractivity contribution in [1.82, 2.24) is 20.3 Å². The first-order valence-electron chi connectivity index (χ1n) is 10.5. The molecule has 2 heterocycles. The fourth-order valence-electron chi connectivity index (χ4n) is 3.58. The second-order valence-electron chi connectivity index (χ2n) is 7.65. The van der Waals surface area contributed by atoms with Crippen molar-refractivity contribution < 1.29 is 4.79 Å². The topological polar surface area (TPSA) is 91.0 Å². The van der Waals surface area contributed by atoms with Crippen molar-refractivity contribution in [3.63, 3.8) is 0 Å². The first-order chi connectivity index (χ1) is 16.0. The summed E-state index contributed by atoms with van der Waals surface area (Å²) in [5, 5.41) is 3.43. The number of carbonyl (C=O) groups excluding carboxylic acids is 1. The Morgan fingerprint density at radius 3 is 2.70 bits per heavy atom. The van der Waals surface area contributed by atoms with Gasteiger partial charge in [-0.3, -0.25) is 14.6 Å². The molecule has 0 unspecified atom stereocenters. The monoisotopic (exact) mass is 437 g/mol. The highest BCUT2D eigenvalue weighted by atomic mass is 16.1. The quantitative estimate of drug-likeness (QED) is 0.433. The van der Waals surface area contributed by atoms with Gasteiger partial charge in [0, 0.05) is 36.7 Å². The van der Waals surface area contributed by atoms with E-state index < -0.39 is 0 Å². The van der Waals surface area contributed by atoms with Crippen LogP contribution >= 0.6 is 0 Å². The Balaban J connectivity index is 1.49. The van der Waals surface area contributed by atoms with Crippen molar-refractivity contribution in [1.29, 1.82) is 0 Å². The molecule has 0 atom stereocenters. The van der Waals surface area contributed by atoms with E-state index in [1.807, 2.05) is 47.4 Å². The maximum atomic E-state index is 12.5. The van der Waals surface area contributed by atoms with E-state index in [0.29, 0.717) is 41.9 Å². The van der Waals surface area contributed by atoms with Gasteiger partial charge in [0.25, 0.3) is 11.5 Å². The SMILES string of the molecule is C#CCN(Cc1ccc2nc(C)[nH]c(=O)c2c1)c1ccc(C(=O)NCc2cccnc2)cc1. The number of terminal acetylenes is 1. The number of fused-ring (bicyclic) bond motifs is 1. The minimum Gasteiger partial charge on any atom is -0.356 e. The number of nitrogens with zero attached hydrogens (tertiary/aromatic N) is 3. The molecule has 164 valence electrons. The molecule has 1 amide bonds. The van der Waals surface area contributed by atoms with Gasteiger partial charge in [0.15, 0.2) is 0 Å². The molecular weight excluding hydrogens is 414 g/mol. The number of carbonyl (C=O) groups is 1. The van der Waals surface area contributed by atoms with Gasteiger partial charge in [-0.1, -0.05) is 18.1 Å². The Kier molecular flexibility index (Phi) is 6.46. The number of rotatable bonds is 7. The van der Waals surface area contributed by atoms with Crippen molar-refractivity contribution in [2.45, 2.75) is 20.0 Å². The fraction of sp³-hybridized carbons (Fsp3) is 0.154. The maximum absolute atomic E-state index is 12.5. The zero-order valence-electron chi connectivity index (χ0n) is 18.2. The highest BCUT2D eigenvalue weighted by Crippen LogP contribution is 2.20. The molecule has 0 fully saturated rings. The third-order valence-electron chi connectivity index (χ3n) is 5.21. The number of aryl methyl sites for hydroxylation is 1. The Morgan fingerprint density at radius 1 is 1.15 bits per heavy atom. The van der Waals surface area contributed by atoms with Gasteiger partial charge < -0.3 is 15.2 Å². The predicted octanol–water partition coefficient (Wildman–Crippen LogP) is 3.20. The van der Waals surface area contributed by atoms with Crippen LogP contribution in [0.1, 0.15) is 27.3 Å². The van der Waals surface area contributed by atoms with E-state index in [0.717, 1.165) is 16.8 Å². The Bertz CT molecular complexity index is 1370. The summed E-state index contributed by atoms with van der Waals surface area (Å²) in [7, 11) is 0. The van der Waals surface area contributed by atoms with Gasteiger partial charge in [0.2, 0.25) is 0 Å². The first-order valence-corrected chi connectivity index (χ1v) is 10.5. The highest BCUT2D eigenvalue weighted by Gasteiger charge is 2.11. The van der Waals surface area contributed by atoms with Crippen molar-refractivity contribution in [3.05, 3.63) is 99.9 Å². The smallest absolute Gasteiger partial charge is 0.258 e. The average molecular weight is 438 g/mol. The van der Waals surface area contributed by atoms with Gasteiger partial charge in [-0.05, 0) is 60.5 Å². The van der Waals surface area contributed by atoms with Gasteiger partial charge in [-0.15, -0.1) is 6.42 Å². The van der Waals surface area contributed by atoms with Crippen LogP contribution in [-0.2, 0) is 13.1 Å². The number of H-pyrrole nitrogens is 1. The van der Waals surface area contributed by atoms with Gasteiger partial charge >= 0.3 is 0 Å². The van der Waals surface area contributed by atoms with Crippen LogP contribution in [0.3, 0.4) is 0 Å². The molecule has 0 saturated heterocycles. The van der Waals surface area contributed by atoms with Crippen LogP contribution in [0.5, 0.6) is 0 Å². The molecule has 7 heteroatoms. The average Bonchev–Trinajstić information content (AvgIpc) is 2.83. The molecule has 0 aliphatic rings. The largest absolute Gasteiger partial charge is 0.356 e. The number of pyridine rings is 1. The number of hydrogen-bond donors (Lipinski definition) is 2. The van der Waals surface area contributed by atoms with E-state index >= 15 is 0 Å². The summed E-state index contributed by atoms with van der Waals surface area (Å²) in [5.74, 6) is 3.10. The molecule has 0 spiro atoms. The van der Waals surface area contributed by atoms with Crippen molar-refractivity contribution in [3.8, 4) is 12.3 Å². The molecular formula is C26H23N5O2. The molecule has 2 aromatic carbocycles. The molecule has 0 aliphatic heterocycles. The number of nitrogens with one attached hydrogen (secondary N) is 2. The lowest BCUT2D eigenvalue weighted by Gasteiger charge is -2.23. The van der Waals surface area contributed by atoms with Gasteiger partial charge in [-0.2, -0.15) is 0 Å². The maximum Gasteiger partial charge on any atom is 0.258 e. The van der Waals surface area contributed by atoms with Crippen molar-refractivity contribution in [2.24, 2.45) is 0 Å². The van der Waals surface area contributed by atoms with Crippen molar-refractivity contribution in [2.75, 3.05) is 11.4 Å². The van der Waals surface area contributed by atoms with Crippen LogP contribution in [0.4, 0.5) is 5.69 Å². The van der Waals surface area contributed by atoms with Gasteiger partial charge in [0.1, 0.15) is 5.82 Å². The number of benzene rings is 2. The zero-order chi connectivity index (χ0) is 23.2.